The van der Waals surface area contributed by atoms with Crippen LogP contribution in [0.3, 0.4) is 0 Å². The number of nitrogens with one attached hydrogen (secondary N) is 1. The van der Waals surface area contributed by atoms with Gasteiger partial charge in [-0.2, -0.15) is 0 Å². The monoisotopic (exact) mass is 268 g/mol. The van der Waals surface area contributed by atoms with Gasteiger partial charge in [-0.3, -0.25) is 4.90 Å². The smallest absolute Gasteiger partial charge is 0.165 e. The van der Waals surface area contributed by atoms with Crippen molar-refractivity contribution in [3.05, 3.63) is 29.6 Å². The van der Waals surface area contributed by atoms with Gasteiger partial charge in [-0.1, -0.05) is 19.1 Å². The average Bonchev–Trinajstić information content (AvgIpc) is 2.44. The molecular formula is C14H21FN2O2. The van der Waals surface area contributed by atoms with E-state index in [4.69, 9.17) is 4.74 Å². The lowest BCUT2D eigenvalue weighted by Crippen LogP contribution is -2.46. The summed E-state index contributed by atoms with van der Waals surface area (Å²) in [4.78, 5) is 2.34. The standard InChI is InChI=1S/C14H21FN2O2/c1-2-17-6-7-19-12(10-17)9-16-8-11-4-3-5-13(15)14(11)18/h3-5,12,16,18H,2,6-10H2,1H3. The molecule has 1 atom stereocenters. The van der Waals surface area contributed by atoms with Crippen molar-refractivity contribution in [2.24, 2.45) is 0 Å². The van der Waals surface area contributed by atoms with Crippen molar-refractivity contribution in [3.63, 3.8) is 0 Å². The van der Waals surface area contributed by atoms with E-state index in [1.165, 1.54) is 6.07 Å². The third-order valence-corrected chi connectivity index (χ3v) is 3.43. The van der Waals surface area contributed by atoms with E-state index < -0.39 is 5.82 Å². The number of rotatable bonds is 5. The lowest BCUT2D eigenvalue weighted by molar-refractivity contribution is -0.0253. The van der Waals surface area contributed by atoms with Crippen LogP contribution in [0.4, 0.5) is 4.39 Å². The van der Waals surface area contributed by atoms with Crippen LogP contribution < -0.4 is 5.32 Å². The molecule has 1 aliphatic rings. The zero-order valence-corrected chi connectivity index (χ0v) is 11.2. The Morgan fingerprint density at radius 2 is 2.37 bits per heavy atom. The zero-order chi connectivity index (χ0) is 13.7. The molecule has 0 amide bonds. The summed E-state index contributed by atoms with van der Waals surface area (Å²) < 4.78 is 18.8. The van der Waals surface area contributed by atoms with E-state index in [1.807, 2.05) is 0 Å². The van der Waals surface area contributed by atoms with Gasteiger partial charge < -0.3 is 15.2 Å². The first kappa shape index (κ1) is 14.2. The first-order valence-electron chi connectivity index (χ1n) is 6.71. The van der Waals surface area contributed by atoms with Gasteiger partial charge in [0.05, 0.1) is 12.7 Å². The van der Waals surface area contributed by atoms with Gasteiger partial charge in [-0.15, -0.1) is 0 Å². The fourth-order valence-electron chi connectivity index (χ4n) is 2.26. The summed E-state index contributed by atoms with van der Waals surface area (Å²) in [7, 11) is 0. The van der Waals surface area contributed by atoms with Gasteiger partial charge in [-0.25, -0.2) is 4.39 Å². The summed E-state index contributed by atoms with van der Waals surface area (Å²) in [5.41, 5.74) is 0.572. The van der Waals surface area contributed by atoms with Gasteiger partial charge in [0.1, 0.15) is 0 Å². The van der Waals surface area contributed by atoms with E-state index in [0.717, 1.165) is 26.2 Å². The molecule has 1 aromatic carbocycles. The summed E-state index contributed by atoms with van der Waals surface area (Å²) in [6, 6.07) is 4.57. The summed E-state index contributed by atoms with van der Waals surface area (Å²) in [5, 5.41) is 12.8. The molecule has 1 unspecified atom stereocenters. The molecule has 0 saturated carbocycles. The van der Waals surface area contributed by atoms with Gasteiger partial charge in [0.2, 0.25) is 0 Å². The largest absolute Gasteiger partial charge is 0.505 e. The van der Waals surface area contributed by atoms with Crippen LogP contribution in [0, 0.1) is 5.82 Å². The number of nitrogens with zero attached hydrogens (tertiary/aromatic N) is 1. The van der Waals surface area contributed by atoms with E-state index in [9.17, 15) is 9.50 Å². The molecule has 19 heavy (non-hydrogen) atoms. The SMILES string of the molecule is CCN1CCOC(CNCc2cccc(F)c2O)C1. The second kappa shape index (κ2) is 6.84. The predicted octanol–water partition coefficient (Wildman–Crippen LogP) is 1.34. The van der Waals surface area contributed by atoms with Crippen molar-refractivity contribution in [2.45, 2.75) is 19.6 Å². The van der Waals surface area contributed by atoms with Crippen LogP contribution in [0.15, 0.2) is 18.2 Å². The Hall–Kier alpha value is -1.17. The summed E-state index contributed by atoms with van der Waals surface area (Å²) in [6.07, 6.45) is 0.157. The first-order valence-corrected chi connectivity index (χ1v) is 6.71. The van der Waals surface area contributed by atoms with Crippen molar-refractivity contribution >= 4 is 0 Å². The molecule has 4 nitrogen and oxygen atoms in total. The molecule has 106 valence electrons. The molecule has 0 aromatic heterocycles. The Kier molecular flexibility index (Phi) is 5.13. The van der Waals surface area contributed by atoms with Crippen molar-refractivity contribution in [3.8, 4) is 5.75 Å². The molecule has 2 N–H and O–H groups in total. The molecule has 0 aliphatic carbocycles. The number of aromatic hydroxyl groups is 1. The van der Waals surface area contributed by atoms with E-state index in [2.05, 4.69) is 17.1 Å². The minimum absolute atomic E-state index is 0.157. The van der Waals surface area contributed by atoms with E-state index in [0.29, 0.717) is 18.7 Å². The number of halogens is 1. The fourth-order valence-corrected chi connectivity index (χ4v) is 2.26. The lowest BCUT2D eigenvalue weighted by Gasteiger charge is -2.32. The Morgan fingerprint density at radius 3 is 3.16 bits per heavy atom. The zero-order valence-electron chi connectivity index (χ0n) is 11.2. The molecular weight excluding hydrogens is 247 g/mol. The van der Waals surface area contributed by atoms with Crippen LogP contribution in [0.25, 0.3) is 0 Å². The number of benzene rings is 1. The highest BCUT2D eigenvalue weighted by molar-refractivity contribution is 5.33. The van der Waals surface area contributed by atoms with Crippen molar-refractivity contribution in [1.29, 1.82) is 0 Å². The molecule has 0 radical (unpaired) electrons. The third-order valence-electron chi connectivity index (χ3n) is 3.43. The van der Waals surface area contributed by atoms with E-state index in [1.54, 1.807) is 12.1 Å². The number of morpholine rings is 1. The molecule has 0 bridgehead atoms. The van der Waals surface area contributed by atoms with E-state index in [-0.39, 0.29) is 11.9 Å². The number of phenolic OH excluding ortho intramolecular Hbond substituents is 1. The Morgan fingerprint density at radius 1 is 1.53 bits per heavy atom. The number of para-hydroxylation sites is 1. The second-order valence-electron chi connectivity index (χ2n) is 4.76. The second-order valence-corrected chi connectivity index (χ2v) is 4.76. The number of ether oxygens (including phenoxy) is 1. The lowest BCUT2D eigenvalue weighted by atomic mass is 10.2. The van der Waals surface area contributed by atoms with Crippen LogP contribution in [0.5, 0.6) is 5.75 Å². The van der Waals surface area contributed by atoms with Gasteiger partial charge in [0.15, 0.2) is 11.6 Å². The number of phenols is 1. The molecule has 1 aromatic rings. The third kappa shape index (κ3) is 3.89. The topological polar surface area (TPSA) is 44.7 Å². The molecule has 1 fully saturated rings. The highest BCUT2D eigenvalue weighted by Gasteiger charge is 2.18. The minimum atomic E-state index is -0.578. The number of hydrogen-bond donors (Lipinski definition) is 2. The quantitative estimate of drug-likeness (QED) is 0.846. The molecule has 1 saturated heterocycles. The average molecular weight is 268 g/mol. The van der Waals surface area contributed by atoms with Crippen LogP contribution in [0.2, 0.25) is 0 Å². The van der Waals surface area contributed by atoms with Crippen molar-refractivity contribution in [2.75, 3.05) is 32.8 Å². The summed E-state index contributed by atoms with van der Waals surface area (Å²) in [5.74, 6) is -0.847. The molecule has 1 heterocycles. The van der Waals surface area contributed by atoms with Crippen molar-refractivity contribution in [1.82, 2.24) is 10.2 Å². The predicted molar refractivity (Wildman–Crippen MR) is 71.6 cm³/mol. The molecule has 1 aliphatic heterocycles. The number of hydrogen-bond acceptors (Lipinski definition) is 4. The van der Waals surface area contributed by atoms with Crippen LogP contribution >= 0.6 is 0 Å². The normalized spacial score (nSPS) is 20.6. The fraction of sp³-hybridized carbons (Fsp3) is 0.571. The van der Waals surface area contributed by atoms with Gasteiger partial charge in [0.25, 0.3) is 0 Å². The van der Waals surface area contributed by atoms with Gasteiger partial charge in [0, 0.05) is 31.7 Å². The maximum absolute atomic E-state index is 13.1. The Balaban J connectivity index is 1.78. The Labute approximate surface area is 113 Å². The van der Waals surface area contributed by atoms with Gasteiger partial charge in [-0.05, 0) is 12.6 Å². The maximum atomic E-state index is 13.1. The minimum Gasteiger partial charge on any atom is -0.505 e. The Bertz CT molecular complexity index is 414. The molecule has 2 rings (SSSR count). The molecule has 0 spiro atoms. The van der Waals surface area contributed by atoms with E-state index >= 15 is 0 Å². The number of likely N-dealkylation sites (N-methyl/N-ethyl adjacent to an activating group) is 1. The summed E-state index contributed by atoms with van der Waals surface area (Å²) >= 11 is 0. The first-order chi connectivity index (χ1) is 9.20. The van der Waals surface area contributed by atoms with Gasteiger partial charge >= 0.3 is 0 Å². The van der Waals surface area contributed by atoms with Crippen LogP contribution in [-0.2, 0) is 11.3 Å². The van der Waals surface area contributed by atoms with Crippen LogP contribution in [-0.4, -0.2) is 48.9 Å². The van der Waals surface area contributed by atoms with Crippen molar-refractivity contribution < 1.29 is 14.2 Å². The highest BCUT2D eigenvalue weighted by Crippen LogP contribution is 2.20. The summed E-state index contributed by atoms with van der Waals surface area (Å²) in [6.45, 7) is 6.97. The highest BCUT2D eigenvalue weighted by atomic mass is 19.1. The van der Waals surface area contributed by atoms with Crippen LogP contribution in [0.1, 0.15) is 12.5 Å². The molecule has 5 heteroatoms. The maximum Gasteiger partial charge on any atom is 0.165 e.